The van der Waals surface area contributed by atoms with Crippen LogP contribution in [0.25, 0.3) is 0 Å². The van der Waals surface area contributed by atoms with Crippen LogP contribution in [0.2, 0.25) is 0 Å². The molecule has 2 aromatic rings. The number of anilines is 3. The number of aryl methyl sites for hydroxylation is 2. The van der Waals surface area contributed by atoms with E-state index in [0.717, 1.165) is 16.9 Å². The Morgan fingerprint density at radius 3 is 2.55 bits per heavy atom. The fourth-order valence-corrected chi connectivity index (χ4v) is 6.96. The Labute approximate surface area is 223 Å². The Kier molecular flexibility index (Phi) is 7.19. The van der Waals surface area contributed by atoms with Crippen molar-refractivity contribution in [3.8, 4) is 0 Å². The Hall–Kier alpha value is -3.38. The first kappa shape index (κ1) is 26.2. The first-order valence-electron chi connectivity index (χ1n) is 12.8. The summed E-state index contributed by atoms with van der Waals surface area (Å²) in [5, 5.41) is 0. The molecule has 0 radical (unpaired) electrons. The van der Waals surface area contributed by atoms with Gasteiger partial charge < -0.3 is 19.3 Å². The van der Waals surface area contributed by atoms with Crippen LogP contribution in [0.1, 0.15) is 27.9 Å². The number of amides is 2. The number of cyclic esters (lactones) is 1. The second kappa shape index (κ2) is 10.4. The Morgan fingerprint density at radius 1 is 1.13 bits per heavy atom. The summed E-state index contributed by atoms with van der Waals surface area (Å²) in [5.41, 5.74) is 3.25. The van der Waals surface area contributed by atoms with Gasteiger partial charge in [-0.25, -0.2) is 18.2 Å². The van der Waals surface area contributed by atoms with E-state index in [9.17, 15) is 18.0 Å². The summed E-state index contributed by atoms with van der Waals surface area (Å²) >= 11 is 0. The minimum atomic E-state index is -3.57. The lowest BCUT2D eigenvalue weighted by atomic mass is 10.1. The minimum Gasteiger partial charge on any atom is -0.447 e. The summed E-state index contributed by atoms with van der Waals surface area (Å²) in [6.07, 6.45) is 1.79. The van der Waals surface area contributed by atoms with E-state index in [1.54, 1.807) is 30.2 Å². The van der Waals surface area contributed by atoms with Crippen LogP contribution in [0, 0.1) is 13.8 Å². The average molecular weight is 544 g/mol. The number of carbonyl (C=O) groups excluding carboxylic acids is 2. The lowest BCUT2D eigenvalue weighted by molar-refractivity contribution is 0.0747. The molecule has 1 aromatic carbocycles. The summed E-state index contributed by atoms with van der Waals surface area (Å²) in [5.74, 6) is 0.697. The minimum absolute atomic E-state index is 0.0183. The largest absolute Gasteiger partial charge is 0.447 e. The van der Waals surface area contributed by atoms with Crippen LogP contribution in [0.15, 0.2) is 30.5 Å². The molecule has 204 valence electrons. The highest BCUT2D eigenvalue weighted by molar-refractivity contribution is 7.93. The van der Waals surface area contributed by atoms with Crippen LogP contribution >= 0.6 is 0 Å². The molecule has 0 saturated carbocycles. The molecule has 3 aliphatic heterocycles. The molecule has 0 aliphatic carbocycles. The van der Waals surface area contributed by atoms with Gasteiger partial charge in [0.2, 0.25) is 10.0 Å². The summed E-state index contributed by atoms with van der Waals surface area (Å²) in [4.78, 5) is 36.2. The summed E-state index contributed by atoms with van der Waals surface area (Å²) in [6.45, 7) is 6.97. The highest BCUT2D eigenvalue weighted by atomic mass is 32.2. The zero-order chi connectivity index (χ0) is 27.0. The second-order valence-corrected chi connectivity index (χ2v) is 11.9. The van der Waals surface area contributed by atoms with Gasteiger partial charge in [0.05, 0.1) is 29.7 Å². The topological polar surface area (TPSA) is 113 Å². The van der Waals surface area contributed by atoms with Gasteiger partial charge in [0.15, 0.2) is 0 Å². The van der Waals surface area contributed by atoms with Crippen LogP contribution in [-0.2, 0) is 19.5 Å². The normalized spacial score (nSPS) is 21.2. The van der Waals surface area contributed by atoms with Crippen molar-refractivity contribution in [3.05, 3.63) is 47.2 Å². The molecule has 1 aromatic heterocycles. The third-order valence-corrected chi connectivity index (χ3v) is 9.09. The smallest absolute Gasteiger partial charge is 0.414 e. The molecule has 3 aliphatic rings. The van der Waals surface area contributed by atoms with E-state index in [1.165, 1.54) is 9.21 Å². The van der Waals surface area contributed by atoms with Gasteiger partial charge in [-0.3, -0.25) is 14.0 Å². The van der Waals surface area contributed by atoms with E-state index in [2.05, 4.69) is 16.0 Å². The van der Waals surface area contributed by atoms with Crippen LogP contribution in [0.3, 0.4) is 0 Å². The molecule has 1 atom stereocenters. The molecule has 3 saturated heterocycles. The van der Waals surface area contributed by atoms with E-state index >= 15 is 0 Å². The van der Waals surface area contributed by atoms with E-state index < -0.39 is 16.1 Å². The standard InChI is InChI=1S/C26H33N5O6S/c1-18-13-19(2)24(27-15-18)28-8-10-29(11-9-28)25(32)22-6-5-20(31-21(16-36-3)17-37-26(31)33)14-23(22)30-7-4-12-38(30,34)35/h5-6,13-15,21H,4,7-12,16-17H2,1-3H3/t21-/m1/s1. The van der Waals surface area contributed by atoms with Gasteiger partial charge in [-0.15, -0.1) is 0 Å². The number of ether oxygens (including phenoxy) is 2. The van der Waals surface area contributed by atoms with Gasteiger partial charge in [-0.1, -0.05) is 6.07 Å². The Balaban J connectivity index is 1.42. The van der Waals surface area contributed by atoms with E-state index in [0.29, 0.717) is 49.5 Å². The predicted molar refractivity (Wildman–Crippen MR) is 144 cm³/mol. The number of benzene rings is 1. The van der Waals surface area contributed by atoms with Crippen molar-refractivity contribution in [1.82, 2.24) is 9.88 Å². The van der Waals surface area contributed by atoms with Crippen LogP contribution in [-0.4, -0.2) is 95.1 Å². The summed E-state index contributed by atoms with van der Waals surface area (Å²) in [6, 6.07) is 6.65. The van der Waals surface area contributed by atoms with Crippen LogP contribution in [0.4, 0.5) is 22.0 Å². The molecule has 0 spiro atoms. The fraction of sp³-hybridized carbons (Fsp3) is 0.500. The van der Waals surface area contributed by atoms with E-state index in [4.69, 9.17) is 9.47 Å². The van der Waals surface area contributed by atoms with Crippen LogP contribution < -0.4 is 14.1 Å². The Morgan fingerprint density at radius 2 is 1.89 bits per heavy atom. The quantitative estimate of drug-likeness (QED) is 0.545. The van der Waals surface area contributed by atoms with Crippen molar-refractivity contribution in [2.24, 2.45) is 0 Å². The maximum atomic E-state index is 13.8. The van der Waals surface area contributed by atoms with E-state index in [1.807, 2.05) is 20.0 Å². The third-order valence-electron chi connectivity index (χ3n) is 7.23. The van der Waals surface area contributed by atoms with Crippen molar-refractivity contribution in [2.75, 3.05) is 72.9 Å². The number of hydrogen-bond acceptors (Lipinski definition) is 8. The predicted octanol–water partition coefficient (Wildman–Crippen LogP) is 2.17. The fourth-order valence-electron chi connectivity index (χ4n) is 5.39. The number of nitrogens with zero attached hydrogens (tertiary/aromatic N) is 5. The third kappa shape index (κ3) is 4.90. The highest BCUT2D eigenvalue weighted by Crippen LogP contribution is 2.35. The van der Waals surface area contributed by atoms with Crippen LogP contribution in [0.5, 0.6) is 0 Å². The molecule has 0 unspecified atom stereocenters. The van der Waals surface area contributed by atoms with Crippen molar-refractivity contribution < 1.29 is 27.5 Å². The molecule has 3 fully saturated rings. The second-order valence-electron chi connectivity index (χ2n) is 9.93. The lowest BCUT2D eigenvalue weighted by Crippen LogP contribution is -2.49. The van der Waals surface area contributed by atoms with Crippen molar-refractivity contribution in [3.63, 3.8) is 0 Å². The first-order chi connectivity index (χ1) is 18.2. The molecule has 0 bridgehead atoms. The van der Waals surface area contributed by atoms with E-state index in [-0.39, 0.29) is 37.5 Å². The van der Waals surface area contributed by atoms with Crippen molar-refractivity contribution in [2.45, 2.75) is 26.3 Å². The number of hydrogen-bond donors (Lipinski definition) is 0. The number of pyridine rings is 1. The number of sulfonamides is 1. The molecule has 12 heteroatoms. The lowest BCUT2D eigenvalue weighted by Gasteiger charge is -2.36. The van der Waals surface area contributed by atoms with Gasteiger partial charge in [0, 0.05) is 51.7 Å². The van der Waals surface area contributed by atoms with Gasteiger partial charge in [0.1, 0.15) is 12.4 Å². The van der Waals surface area contributed by atoms with Crippen molar-refractivity contribution in [1.29, 1.82) is 0 Å². The SMILES string of the molecule is COC[C@@H]1COC(=O)N1c1ccc(C(=O)N2CCN(c3ncc(C)cc3C)CC2)c(N2CCCS2(=O)=O)c1. The summed E-state index contributed by atoms with van der Waals surface area (Å²) in [7, 11) is -2.03. The monoisotopic (exact) mass is 543 g/mol. The first-order valence-corrected chi connectivity index (χ1v) is 14.4. The molecule has 38 heavy (non-hydrogen) atoms. The summed E-state index contributed by atoms with van der Waals surface area (Å²) < 4.78 is 37.5. The molecular formula is C26H33N5O6S. The average Bonchev–Trinajstić information content (AvgIpc) is 3.44. The number of piperazine rings is 1. The van der Waals surface area contributed by atoms with Gasteiger partial charge in [-0.2, -0.15) is 0 Å². The Bertz CT molecular complexity index is 1340. The number of rotatable bonds is 6. The number of aromatic nitrogens is 1. The maximum Gasteiger partial charge on any atom is 0.414 e. The highest BCUT2D eigenvalue weighted by Gasteiger charge is 2.37. The maximum absolute atomic E-state index is 13.8. The molecule has 2 amide bonds. The van der Waals surface area contributed by atoms with Gasteiger partial charge >= 0.3 is 6.09 Å². The molecule has 11 nitrogen and oxygen atoms in total. The molecule has 4 heterocycles. The molecule has 0 N–H and O–H groups in total. The molecule has 5 rings (SSSR count). The van der Waals surface area contributed by atoms with Gasteiger partial charge in [-0.05, 0) is 49.6 Å². The van der Waals surface area contributed by atoms with Crippen molar-refractivity contribution >= 4 is 39.2 Å². The zero-order valence-corrected chi connectivity index (χ0v) is 22.7. The van der Waals surface area contributed by atoms with Gasteiger partial charge in [0.25, 0.3) is 5.91 Å². The molecular weight excluding hydrogens is 510 g/mol. The zero-order valence-electron chi connectivity index (χ0n) is 21.9. The number of methoxy groups -OCH3 is 1. The number of carbonyl (C=O) groups is 2.